The topological polar surface area (TPSA) is 20.2 Å². The molecule has 0 radical (unpaired) electrons. The van der Waals surface area contributed by atoms with Crippen LogP contribution in [0.1, 0.15) is 27.8 Å². The van der Waals surface area contributed by atoms with Crippen LogP contribution >= 0.6 is 11.3 Å². The lowest BCUT2D eigenvalue weighted by Crippen LogP contribution is -2.30. The van der Waals surface area contributed by atoms with Crippen molar-refractivity contribution in [2.75, 3.05) is 0 Å². The molecule has 1 aliphatic carbocycles. The van der Waals surface area contributed by atoms with Crippen molar-refractivity contribution in [3.8, 4) is 0 Å². The summed E-state index contributed by atoms with van der Waals surface area (Å²) in [4.78, 5) is 1.90. The molecule has 1 aromatic rings. The first-order valence-electron chi connectivity index (χ1n) is 4.16. The van der Waals surface area contributed by atoms with E-state index in [-0.39, 0.29) is 6.42 Å². The summed E-state index contributed by atoms with van der Waals surface area (Å²) < 4.78 is 26.1. The van der Waals surface area contributed by atoms with Crippen molar-refractivity contribution in [3.05, 3.63) is 21.4 Å². The lowest BCUT2D eigenvalue weighted by molar-refractivity contribution is -0.121. The molecule has 1 unspecified atom stereocenters. The van der Waals surface area contributed by atoms with Crippen LogP contribution in [0.2, 0.25) is 0 Å². The van der Waals surface area contributed by atoms with Crippen LogP contribution in [0.4, 0.5) is 8.78 Å². The molecule has 0 saturated carbocycles. The highest BCUT2D eigenvalue weighted by Crippen LogP contribution is 2.44. The Balaban J connectivity index is 2.44. The van der Waals surface area contributed by atoms with Gasteiger partial charge in [-0.05, 0) is 19.4 Å². The van der Waals surface area contributed by atoms with Crippen molar-refractivity contribution in [3.63, 3.8) is 0 Å². The molecule has 0 fully saturated rings. The van der Waals surface area contributed by atoms with Gasteiger partial charge in [0.2, 0.25) is 0 Å². The molecule has 1 aromatic heterocycles. The van der Waals surface area contributed by atoms with Crippen molar-refractivity contribution >= 4 is 11.3 Å². The second-order valence-electron chi connectivity index (χ2n) is 3.40. The molecule has 2 rings (SSSR count). The molecule has 13 heavy (non-hydrogen) atoms. The number of thiophene rings is 1. The number of alkyl halides is 2. The lowest BCUT2D eigenvalue weighted by atomic mass is 9.92. The molecule has 1 aliphatic rings. The van der Waals surface area contributed by atoms with Gasteiger partial charge in [0.15, 0.2) is 0 Å². The van der Waals surface area contributed by atoms with Gasteiger partial charge in [-0.3, -0.25) is 0 Å². The number of aliphatic hydroxyl groups excluding tert-OH is 1. The van der Waals surface area contributed by atoms with Crippen LogP contribution in [-0.2, 0) is 6.42 Å². The summed E-state index contributed by atoms with van der Waals surface area (Å²) >= 11 is 1.50. The van der Waals surface area contributed by atoms with Gasteiger partial charge in [0.05, 0.1) is 0 Å². The van der Waals surface area contributed by atoms with Crippen LogP contribution in [0.3, 0.4) is 0 Å². The SMILES string of the molecule is Cc1cc2c(s1)CCC(F)(F)C2O. The number of aliphatic hydroxyl groups is 1. The van der Waals surface area contributed by atoms with Crippen LogP contribution in [0.15, 0.2) is 6.07 Å². The van der Waals surface area contributed by atoms with E-state index < -0.39 is 12.0 Å². The highest BCUT2D eigenvalue weighted by Gasteiger charge is 2.44. The standard InChI is InChI=1S/C9H10F2OS/c1-5-4-6-7(13-5)2-3-9(10,11)8(6)12/h4,8,12H,2-3H2,1H3. The Hall–Kier alpha value is -0.480. The molecular weight excluding hydrogens is 194 g/mol. The summed E-state index contributed by atoms with van der Waals surface area (Å²) in [6.45, 7) is 1.87. The summed E-state index contributed by atoms with van der Waals surface area (Å²) in [5, 5.41) is 9.36. The lowest BCUT2D eigenvalue weighted by Gasteiger charge is -2.27. The maximum Gasteiger partial charge on any atom is 0.277 e. The van der Waals surface area contributed by atoms with Gasteiger partial charge < -0.3 is 5.11 Å². The summed E-state index contributed by atoms with van der Waals surface area (Å²) in [5.74, 6) is -2.94. The number of fused-ring (bicyclic) bond motifs is 1. The third-order valence-corrected chi connectivity index (χ3v) is 3.47. The summed E-state index contributed by atoms with van der Waals surface area (Å²) in [6.07, 6.45) is -1.44. The summed E-state index contributed by atoms with van der Waals surface area (Å²) in [6, 6.07) is 1.66. The van der Waals surface area contributed by atoms with Gasteiger partial charge in [-0.25, -0.2) is 8.78 Å². The van der Waals surface area contributed by atoms with Crippen molar-refractivity contribution in [2.24, 2.45) is 0 Å². The van der Waals surface area contributed by atoms with E-state index in [0.717, 1.165) is 9.75 Å². The Morgan fingerprint density at radius 2 is 2.31 bits per heavy atom. The van der Waals surface area contributed by atoms with Gasteiger partial charge in [-0.15, -0.1) is 11.3 Å². The van der Waals surface area contributed by atoms with Crippen molar-refractivity contribution in [2.45, 2.75) is 31.8 Å². The first kappa shape index (κ1) is 9.09. The van der Waals surface area contributed by atoms with Crippen LogP contribution in [0.25, 0.3) is 0 Å². The average Bonchev–Trinajstić information content (AvgIpc) is 2.40. The first-order valence-corrected chi connectivity index (χ1v) is 4.97. The molecule has 0 aliphatic heterocycles. The van der Waals surface area contributed by atoms with E-state index in [1.807, 2.05) is 6.92 Å². The van der Waals surface area contributed by atoms with Crippen LogP contribution < -0.4 is 0 Å². The number of hydrogen-bond donors (Lipinski definition) is 1. The van der Waals surface area contributed by atoms with Gasteiger partial charge >= 0.3 is 0 Å². The smallest absolute Gasteiger partial charge is 0.277 e. The number of rotatable bonds is 0. The van der Waals surface area contributed by atoms with E-state index >= 15 is 0 Å². The van der Waals surface area contributed by atoms with E-state index in [0.29, 0.717) is 12.0 Å². The minimum Gasteiger partial charge on any atom is -0.382 e. The molecule has 0 amide bonds. The largest absolute Gasteiger partial charge is 0.382 e. The molecule has 0 saturated heterocycles. The molecule has 72 valence electrons. The Morgan fingerprint density at radius 3 is 3.00 bits per heavy atom. The number of halogens is 2. The molecular formula is C9H10F2OS. The zero-order valence-electron chi connectivity index (χ0n) is 7.18. The fourth-order valence-electron chi connectivity index (χ4n) is 1.65. The van der Waals surface area contributed by atoms with Gasteiger partial charge in [0.25, 0.3) is 5.92 Å². The Morgan fingerprint density at radius 1 is 1.62 bits per heavy atom. The second-order valence-corrected chi connectivity index (χ2v) is 4.74. The fraction of sp³-hybridized carbons (Fsp3) is 0.556. The van der Waals surface area contributed by atoms with Crippen LogP contribution in [0.5, 0.6) is 0 Å². The van der Waals surface area contributed by atoms with Crippen molar-refractivity contribution < 1.29 is 13.9 Å². The minimum absolute atomic E-state index is 0.235. The summed E-state index contributed by atoms with van der Waals surface area (Å²) in [7, 11) is 0. The van der Waals surface area contributed by atoms with Gasteiger partial charge in [0.1, 0.15) is 6.10 Å². The van der Waals surface area contributed by atoms with Gasteiger partial charge in [0, 0.05) is 21.7 Å². The maximum absolute atomic E-state index is 13.0. The van der Waals surface area contributed by atoms with E-state index in [1.54, 1.807) is 6.07 Å². The molecule has 0 bridgehead atoms. The molecule has 4 heteroatoms. The van der Waals surface area contributed by atoms with E-state index in [4.69, 9.17) is 0 Å². The highest BCUT2D eigenvalue weighted by atomic mass is 32.1. The zero-order valence-corrected chi connectivity index (χ0v) is 8.00. The van der Waals surface area contributed by atoms with Gasteiger partial charge in [-0.2, -0.15) is 0 Å². The van der Waals surface area contributed by atoms with Crippen LogP contribution in [0, 0.1) is 6.92 Å². The van der Waals surface area contributed by atoms with E-state index in [2.05, 4.69) is 0 Å². The Labute approximate surface area is 79.0 Å². The molecule has 1 nitrogen and oxygen atoms in total. The Bertz CT molecular complexity index is 332. The minimum atomic E-state index is -2.94. The van der Waals surface area contributed by atoms with E-state index in [9.17, 15) is 13.9 Å². The van der Waals surface area contributed by atoms with Crippen molar-refractivity contribution in [1.82, 2.24) is 0 Å². The van der Waals surface area contributed by atoms with Crippen molar-refractivity contribution in [1.29, 1.82) is 0 Å². The predicted molar refractivity (Wildman–Crippen MR) is 47.3 cm³/mol. The highest BCUT2D eigenvalue weighted by molar-refractivity contribution is 7.12. The molecule has 0 aromatic carbocycles. The Kier molecular flexibility index (Phi) is 1.92. The molecule has 1 atom stereocenters. The molecule has 1 N–H and O–H groups in total. The normalized spacial score (nSPS) is 25.7. The first-order chi connectivity index (χ1) is 6.00. The monoisotopic (exact) mass is 204 g/mol. The van der Waals surface area contributed by atoms with Gasteiger partial charge in [-0.1, -0.05) is 0 Å². The average molecular weight is 204 g/mol. The molecule has 1 heterocycles. The third kappa shape index (κ3) is 1.38. The maximum atomic E-state index is 13.0. The number of aryl methyl sites for hydroxylation is 2. The summed E-state index contributed by atoms with van der Waals surface area (Å²) in [5.41, 5.74) is 0.429. The quantitative estimate of drug-likeness (QED) is 0.688. The number of hydrogen-bond acceptors (Lipinski definition) is 2. The second kappa shape index (κ2) is 2.75. The third-order valence-electron chi connectivity index (χ3n) is 2.34. The zero-order chi connectivity index (χ0) is 9.64. The predicted octanol–water partition coefficient (Wildman–Crippen LogP) is 2.67. The van der Waals surface area contributed by atoms with E-state index in [1.165, 1.54) is 11.3 Å². The fourth-order valence-corrected chi connectivity index (χ4v) is 2.72. The molecule has 0 spiro atoms. The van der Waals surface area contributed by atoms with Crippen LogP contribution in [-0.4, -0.2) is 11.0 Å².